The van der Waals surface area contributed by atoms with Gasteiger partial charge in [-0.05, 0) is 60.7 Å². The van der Waals surface area contributed by atoms with E-state index in [1.165, 1.54) is 9.87 Å². The average Bonchev–Trinajstić information content (AvgIpc) is 3.08. The number of nitrogens with zero attached hydrogens (tertiary/aromatic N) is 3. The third-order valence-corrected chi connectivity index (χ3v) is 6.33. The molecule has 3 aromatic rings. The Balaban J connectivity index is 1.75. The first kappa shape index (κ1) is 15.1. The van der Waals surface area contributed by atoms with Gasteiger partial charge in [0.1, 0.15) is 0 Å². The van der Waals surface area contributed by atoms with E-state index in [1.807, 2.05) is 12.1 Å². The summed E-state index contributed by atoms with van der Waals surface area (Å²) in [6.07, 6.45) is 6.30. The summed E-state index contributed by atoms with van der Waals surface area (Å²) < 4.78 is 27.2. The summed E-state index contributed by atoms with van der Waals surface area (Å²) in [5, 5.41) is 0. The maximum Gasteiger partial charge on any atom is 0.264 e. The highest BCUT2D eigenvalue weighted by atomic mass is 32.2. The van der Waals surface area contributed by atoms with E-state index < -0.39 is 10.0 Å². The van der Waals surface area contributed by atoms with Gasteiger partial charge in [0.2, 0.25) is 0 Å². The third-order valence-electron chi connectivity index (χ3n) is 4.54. The molecule has 0 saturated carbocycles. The van der Waals surface area contributed by atoms with Crippen molar-refractivity contribution in [3.05, 3.63) is 59.9 Å². The van der Waals surface area contributed by atoms with Crippen LogP contribution in [0, 0.1) is 0 Å². The predicted molar refractivity (Wildman–Crippen MR) is 93.6 cm³/mol. The van der Waals surface area contributed by atoms with Crippen molar-refractivity contribution in [2.24, 2.45) is 0 Å². The van der Waals surface area contributed by atoms with Crippen molar-refractivity contribution in [2.75, 3.05) is 11.4 Å². The van der Waals surface area contributed by atoms with E-state index in [-0.39, 0.29) is 0 Å². The first-order chi connectivity index (χ1) is 11.6. The minimum Gasteiger partial charge on any atom is -0.269 e. The van der Waals surface area contributed by atoms with E-state index in [0.717, 1.165) is 30.3 Å². The second-order valence-electron chi connectivity index (χ2n) is 5.99. The maximum atomic E-state index is 13.0. The minimum absolute atomic E-state index is 0.338. The molecule has 0 N–H and O–H groups in total. The molecule has 2 aromatic carbocycles. The van der Waals surface area contributed by atoms with Crippen LogP contribution in [0.15, 0.2) is 53.7 Å². The van der Waals surface area contributed by atoms with Crippen molar-refractivity contribution in [3.8, 4) is 0 Å². The monoisotopic (exact) mass is 339 g/mol. The highest BCUT2D eigenvalue weighted by Gasteiger charge is 2.23. The Morgan fingerprint density at radius 3 is 2.50 bits per heavy atom. The van der Waals surface area contributed by atoms with Crippen LogP contribution in [0.25, 0.3) is 11.0 Å². The molecular weight excluding hydrogens is 322 g/mol. The van der Waals surface area contributed by atoms with Crippen molar-refractivity contribution in [1.82, 2.24) is 9.97 Å². The molecule has 1 aliphatic rings. The van der Waals surface area contributed by atoms with E-state index in [1.54, 1.807) is 43.7 Å². The average molecular weight is 339 g/mol. The third kappa shape index (κ3) is 2.43. The highest BCUT2D eigenvalue weighted by Crippen LogP contribution is 2.28. The van der Waals surface area contributed by atoms with Gasteiger partial charge in [-0.2, -0.15) is 0 Å². The van der Waals surface area contributed by atoms with Gasteiger partial charge >= 0.3 is 0 Å². The molecule has 5 nitrogen and oxygen atoms in total. The van der Waals surface area contributed by atoms with Crippen LogP contribution >= 0.6 is 0 Å². The van der Waals surface area contributed by atoms with Gasteiger partial charge in [0.15, 0.2) is 0 Å². The molecule has 122 valence electrons. The normalized spacial score (nSPS) is 13.9. The zero-order chi connectivity index (χ0) is 16.7. The van der Waals surface area contributed by atoms with Gasteiger partial charge in [0.25, 0.3) is 10.0 Å². The van der Waals surface area contributed by atoms with E-state index in [9.17, 15) is 8.42 Å². The summed E-state index contributed by atoms with van der Waals surface area (Å²) in [5.74, 6) is 0. The van der Waals surface area contributed by atoms with E-state index in [4.69, 9.17) is 0 Å². The van der Waals surface area contributed by atoms with Gasteiger partial charge in [-0.3, -0.25) is 14.3 Å². The van der Waals surface area contributed by atoms with Crippen LogP contribution in [0.2, 0.25) is 0 Å². The fourth-order valence-corrected chi connectivity index (χ4v) is 4.39. The molecule has 1 heterocycles. The fraction of sp³-hybridized carbons (Fsp3) is 0.222. The smallest absolute Gasteiger partial charge is 0.264 e. The fourth-order valence-electron chi connectivity index (χ4n) is 3.15. The number of aromatic nitrogens is 2. The summed E-state index contributed by atoms with van der Waals surface area (Å²) in [4.78, 5) is 8.79. The molecule has 6 heteroatoms. The van der Waals surface area contributed by atoms with Crippen LogP contribution in [-0.2, 0) is 22.9 Å². The second kappa shape index (κ2) is 5.56. The number of hydrogen-bond acceptors (Lipinski definition) is 4. The lowest BCUT2D eigenvalue weighted by molar-refractivity contribution is 0.594. The lowest BCUT2D eigenvalue weighted by Gasteiger charge is -2.20. The zero-order valence-corrected chi connectivity index (χ0v) is 14.1. The first-order valence-corrected chi connectivity index (χ1v) is 9.31. The van der Waals surface area contributed by atoms with Crippen molar-refractivity contribution >= 4 is 26.7 Å². The Morgan fingerprint density at radius 1 is 0.917 bits per heavy atom. The summed E-state index contributed by atoms with van der Waals surface area (Å²) in [5.41, 5.74) is 4.39. The molecule has 0 spiro atoms. The maximum absolute atomic E-state index is 13.0. The van der Waals surface area contributed by atoms with E-state index >= 15 is 0 Å². The largest absolute Gasteiger partial charge is 0.269 e. The highest BCUT2D eigenvalue weighted by molar-refractivity contribution is 7.92. The van der Waals surface area contributed by atoms with Crippen molar-refractivity contribution in [1.29, 1.82) is 0 Å². The molecule has 24 heavy (non-hydrogen) atoms. The summed E-state index contributed by atoms with van der Waals surface area (Å²) >= 11 is 0. The SMILES string of the molecule is CN(c1ccc2nccnc2c1)S(=O)(=O)c1ccc2c(c1)CCC2. The summed E-state index contributed by atoms with van der Waals surface area (Å²) in [7, 11) is -2.03. The van der Waals surface area contributed by atoms with Crippen LogP contribution in [0.1, 0.15) is 17.5 Å². The van der Waals surface area contributed by atoms with Crippen molar-refractivity contribution in [2.45, 2.75) is 24.2 Å². The van der Waals surface area contributed by atoms with Crippen LogP contribution in [0.5, 0.6) is 0 Å². The van der Waals surface area contributed by atoms with Gasteiger partial charge in [-0.15, -0.1) is 0 Å². The number of anilines is 1. The van der Waals surface area contributed by atoms with Gasteiger partial charge in [0, 0.05) is 19.4 Å². The quantitative estimate of drug-likeness (QED) is 0.736. The zero-order valence-electron chi connectivity index (χ0n) is 13.3. The van der Waals surface area contributed by atoms with E-state index in [2.05, 4.69) is 9.97 Å². The van der Waals surface area contributed by atoms with Gasteiger partial charge < -0.3 is 0 Å². The molecule has 1 aliphatic carbocycles. The van der Waals surface area contributed by atoms with Crippen LogP contribution in [-0.4, -0.2) is 25.4 Å². The van der Waals surface area contributed by atoms with Crippen molar-refractivity contribution in [3.63, 3.8) is 0 Å². The topological polar surface area (TPSA) is 63.2 Å². The Kier molecular flexibility index (Phi) is 3.49. The Labute approximate surface area is 141 Å². The number of sulfonamides is 1. The molecule has 0 unspecified atom stereocenters. The summed E-state index contributed by atoms with van der Waals surface area (Å²) in [6.45, 7) is 0. The number of aryl methyl sites for hydroxylation is 2. The molecule has 0 aliphatic heterocycles. The van der Waals surface area contributed by atoms with Crippen LogP contribution < -0.4 is 4.31 Å². The second-order valence-corrected chi connectivity index (χ2v) is 7.96. The molecule has 0 radical (unpaired) electrons. The summed E-state index contributed by atoms with van der Waals surface area (Å²) in [6, 6.07) is 10.7. The Hall–Kier alpha value is -2.47. The minimum atomic E-state index is -3.60. The number of benzene rings is 2. The van der Waals surface area contributed by atoms with Gasteiger partial charge in [-0.1, -0.05) is 6.07 Å². The Bertz CT molecular complexity index is 1030. The number of hydrogen-bond donors (Lipinski definition) is 0. The standard InChI is InChI=1S/C18H17N3O2S/c1-21(15-6-8-17-18(12-15)20-10-9-19-17)24(22,23)16-7-5-13-3-2-4-14(13)11-16/h5-12H,2-4H2,1H3. The Morgan fingerprint density at radius 2 is 1.67 bits per heavy atom. The van der Waals surface area contributed by atoms with Crippen LogP contribution in [0.4, 0.5) is 5.69 Å². The molecule has 4 rings (SSSR count). The molecule has 0 saturated heterocycles. The molecule has 0 bridgehead atoms. The van der Waals surface area contributed by atoms with Crippen molar-refractivity contribution < 1.29 is 8.42 Å². The van der Waals surface area contributed by atoms with Crippen LogP contribution in [0.3, 0.4) is 0 Å². The predicted octanol–water partition coefficient (Wildman–Crippen LogP) is 2.94. The van der Waals surface area contributed by atoms with E-state index in [0.29, 0.717) is 16.1 Å². The molecule has 0 fully saturated rings. The lowest BCUT2D eigenvalue weighted by atomic mass is 10.1. The lowest BCUT2D eigenvalue weighted by Crippen LogP contribution is -2.26. The molecular formula is C18H17N3O2S. The number of rotatable bonds is 3. The first-order valence-electron chi connectivity index (χ1n) is 7.87. The molecule has 0 amide bonds. The molecule has 0 atom stereocenters. The van der Waals surface area contributed by atoms with Gasteiger partial charge in [-0.25, -0.2) is 8.42 Å². The van der Waals surface area contributed by atoms with Gasteiger partial charge in [0.05, 0.1) is 21.6 Å². The molecule has 1 aromatic heterocycles. The number of fused-ring (bicyclic) bond motifs is 2.